The Kier molecular flexibility index (Phi) is 7.04. The van der Waals surface area contributed by atoms with Crippen LogP contribution in [0.3, 0.4) is 0 Å². The maximum absolute atomic E-state index is 12.7. The first-order chi connectivity index (χ1) is 14.7. The summed E-state index contributed by atoms with van der Waals surface area (Å²) < 4.78 is 0. The molecule has 1 aliphatic carbocycles. The van der Waals surface area contributed by atoms with Gasteiger partial charge in [-0.15, -0.1) is 0 Å². The van der Waals surface area contributed by atoms with Gasteiger partial charge in [-0.3, -0.25) is 9.59 Å². The van der Waals surface area contributed by atoms with Gasteiger partial charge in [0.1, 0.15) is 0 Å². The quantitative estimate of drug-likeness (QED) is 0.584. The summed E-state index contributed by atoms with van der Waals surface area (Å²) in [6.45, 7) is 6.15. The highest BCUT2D eigenvalue weighted by Crippen LogP contribution is 2.39. The lowest BCUT2D eigenvalue weighted by atomic mass is 9.80. The van der Waals surface area contributed by atoms with Crippen molar-refractivity contribution < 1.29 is 9.59 Å². The molecule has 1 saturated heterocycles. The summed E-state index contributed by atoms with van der Waals surface area (Å²) in [5.74, 6) is 1.31. The monoisotopic (exact) mass is 408 g/mol. The van der Waals surface area contributed by atoms with Crippen molar-refractivity contribution in [2.24, 2.45) is 11.8 Å². The molecule has 0 aromatic heterocycles. The number of likely N-dealkylation sites (tertiary alicyclic amines) is 1. The fraction of sp³-hybridized carbons (Fsp3) is 0.615. The number of benzene rings is 1. The Labute approximate surface area is 181 Å². The summed E-state index contributed by atoms with van der Waals surface area (Å²) in [6.07, 6.45) is 10.9. The fourth-order valence-corrected chi connectivity index (χ4v) is 5.69. The maximum Gasteiger partial charge on any atom is 0.166 e. The lowest BCUT2D eigenvalue weighted by Gasteiger charge is -2.35. The average molecular weight is 409 g/mol. The van der Waals surface area contributed by atoms with Crippen LogP contribution in [-0.4, -0.2) is 53.6 Å². The Morgan fingerprint density at radius 3 is 2.43 bits per heavy atom. The van der Waals surface area contributed by atoms with Gasteiger partial charge in [0.15, 0.2) is 11.6 Å². The zero-order chi connectivity index (χ0) is 20.9. The van der Waals surface area contributed by atoms with Crippen LogP contribution in [0.1, 0.15) is 68.6 Å². The largest absolute Gasteiger partial charge is 0.373 e. The van der Waals surface area contributed by atoms with Gasteiger partial charge in [0.25, 0.3) is 0 Å². The van der Waals surface area contributed by atoms with Gasteiger partial charge in [-0.05, 0) is 51.7 Å². The average Bonchev–Trinajstić information content (AvgIpc) is 3.18. The molecule has 4 heteroatoms. The first-order valence-electron chi connectivity index (χ1n) is 12.0. The molecule has 30 heavy (non-hydrogen) atoms. The molecule has 162 valence electrons. The van der Waals surface area contributed by atoms with Crippen LogP contribution < -0.4 is 0 Å². The number of fused-ring (bicyclic) bond motifs is 1. The molecule has 0 spiro atoms. The SMILES string of the molecule is CCC(=O)C1=CN(CCCN2CCC(C(=O)c3ccccc3)CC2)C2CCCCC12. The topological polar surface area (TPSA) is 40.6 Å². The number of piperidine rings is 1. The van der Waals surface area contributed by atoms with Crippen LogP contribution in [0.2, 0.25) is 0 Å². The molecule has 1 saturated carbocycles. The summed E-state index contributed by atoms with van der Waals surface area (Å²) in [5.41, 5.74) is 1.96. The third-order valence-corrected chi connectivity index (χ3v) is 7.41. The third kappa shape index (κ3) is 4.69. The lowest BCUT2D eigenvalue weighted by molar-refractivity contribution is -0.115. The van der Waals surface area contributed by atoms with Crippen molar-refractivity contribution in [2.75, 3.05) is 26.2 Å². The van der Waals surface area contributed by atoms with Crippen LogP contribution in [0.5, 0.6) is 0 Å². The Bertz CT molecular complexity index is 764. The van der Waals surface area contributed by atoms with E-state index >= 15 is 0 Å². The zero-order valence-electron chi connectivity index (χ0n) is 18.4. The molecule has 4 nitrogen and oxygen atoms in total. The first kappa shape index (κ1) is 21.3. The third-order valence-electron chi connectivity index (χ3n) is 7.41. The van der Waals surface area contributed by atoms with Crippen molar-refractivity contribution in [2.45, 2.75) is 64.3 Å². The van der Waals surface area contributed by atoms with Crippen LogP contribution in [0.25, 0.3) is 0 Å². The van der Waals surface area contributed by atoms with Gasteiger partial charge in [-0.25, -0.2) is 0 Å². The number of hydrogen-bond donors (Lipinski definition) is 0. The van der Waals surface area contributed by atoms with Crippen LogP contribution in [-0.2, 0) is 4.79 Å². The normalized spacial score (nSPS) is 25.1. The maximum atomic E-state index is 12.7. The Balaban J connectivity index is 1.24. The highest BCUT2D eigenvalue weighted by atomic mass is 16.1. The number of ketones is 2. The first-order valence-corrected chi connectivity index (χ1v) is 12.0. The molecule has 0 N–H and O–H groups in total. The van der Waals surface area contributed by atoms with Crippen LogP contribution >= 0.6 is 0 Å². The van der Waals surface area contributed by atoms with Crippen LogP contribution in [0.4, 0.5) is 0 Å². The van der Waals surface area contributed by atoms with E-state index in [4.69, 9.17) is 0 Å². The Hall–Kier alpha value is -1.94. The molecule has 0 amide bonds. The molecule has 2 aliphatic heterocycles. The zero-order valence-corrected chi connectivity index (χ0v) is 18.4. The van der Waals surface area contributed by atoms with Gasteiger partial charge in [0.2, 0.25) is 0 Å². The fourth-order valence-electron chi connectivity index (χ4n) is 5.69. The molecule has 0 bridgehead atoms. The van der Waals surface area contributed by atoms with Gasteiger partial charge in [0.05, 0.1) is 0 Å². The molecule has 1 aromatic rings. The van der Waals surface area contributed by atoms with E-state index in [-0.39, 0.29) is 5.92 Å². The molecule has 1 aromatic carbocycles. The number of Topliss-reactive ketones (excluding diaryl/α,β-unsaturated/α-hetero) is 2. The van der Waals surface area contributed by atoms with E-state index in [9.17, 15) is 9.59 Å². The van der Waals surface area contributed by atoms with Crippen LogP contribution in [0.15, 0.2) is 42.1 Å². The summed E-state index contributed by atoms with van der Waals surface area (Å²) in [6, 6.07) is 10.3. The Morgan fingerprint density at radius 1 is 0.967 bits per heavy atom. The van der Waals surface area contributed by atoms with E-state index in [1.807, 2.05) is 37.3 Å². The van der Waals surface area contributed by atoms with E-state index in [0.717, 1.165) is 56.6 Å². The highest BCUT2D eigenvalue weighted by molar-refractivity contribution is 5.98. The van der Waals surface area contributed by atoms with Gasteiger partial charge in [0, 0.05) is 48.2 Å². The van der Waals surface area contributed by atoms with Crippen LogP contribution in [0, 0.1) is 11.8 Å². The van der Waals surface area contributed by atoms with Crippen molar-refractivity contribution in [3.8, 4) is 0 Å². The number of nitrogens with zero attached hydrogens (tertiary/aromatic N) is 2. The number of hydrogen-bond acceptors (Lipinski definition) is 4. The summed E-state index contributed by atoms with van der Waals surface area (Å²) in [5, 5.41) is 0. The summed E-state index contributed by atoms with van der Waals surface area (Å²) in [7, 11) is 0. The van der Waals surface area contributed by atoms with Gasteiger partial charge in [-0.2, -0.15) is 0 Å². The Morgan fingerprint density at radius 2 is 1.70 bits per heavy atom. The second-order valence-corrected chi connectivity index (χ2v) is 9.26. The van der Waals surface area contributed by atoms with Crippen molar-refractivity contribution in [1.29, 1.82) is 0 Å². The van der Waals surface area contributed by atoms with E-state index in [1.54, 1.807) is 0 Å². The summed E-state index contributed by atoms with van der Waals surface area (Å²) in [4.78, 5) is 30.1. The van der Waals surface area contributed by atoms with E-state index < -0.39 is 0 Å². The van der Waals surface area contributed by atoms with Crippen molar-refractivity contribution in [1.82, 2.24) is 9.80 Å². The molecule has 0 radical (unpaired) electrons. The number of carbonyl (C=O) groups excluding carboxylic acids is 2. The molecular formula is C26H36N2O2. The molecule has 2 atom stereocenters. The molecule has 2 heterocycles. The molecule has 2 unspecified atom stereocenters. The lowest BCUT2D eigenvalue weighted by Crippen LogP contribution is -2.39. The summed E-state index contributed by atoms with van der Waals surface area (Å²) >= 11 is 0. The number of rotatable bonds is 8. The molecule has 3 aliphatic rings. The minimum Gasteiger partial charge on any atom is -0.373 e. The smallest absolute Gasteiger partial charge is 0.166 e. The predicted octanol–water partition coefficient (Wildman–Crippen LogP) is 4.71. The minimum absolute atomic E-state index is 0.177. The van der Waals surface area contributed by atoms with E-state index in [1.165, 1.54) is 25.7 Å². The molecule has 2 fully saturated rings. The van der Waals surface area contributed by atoms with Crippen molar-refractivity contribution in [3.05, 3.63) is 47.7 Å². The molecule has 4 rings (SSSR count). The van der Waals surface area contributed by atoms with E-state index in [0.29, 0.717) is 29.9 Å². The second kappa shape index (κ2) is 9.91. The second-order valence-electron chi connectivity index (χ2n) is 9.26. The van der Waals surface area contributed by atoms with E-state index in [2.05, 4.69) is 16.0 Å². The van der Waals surface area contributed by atoms with Crippen molar-refractivity contribution >= 4 is 11.6 Å². The molecular weight excluding hydrogens is 372 g/mol. The standard InChI is InChI=1S/C26H36N2O2/c1-2-25(29)23-19-28(24-12-7-6-11-22(23)24)16-8-15-27-17-13-21(14-18-27)26(30)20-9-4-3-5-10-20/h3-5,9-10,19,21-22,24H,2,6-8,11-18H2,1H3. The van der Waals surface area contributed by atoms with Gasteiger partial charge >= 0.3 is 0 Å². The van der Waals surface area contributed by atoms with Gasteiger partial charge in [-0.1, -0.05) is 50.1 Å². The minimum atomic E-state index is 0.177. The number of carbonyl (C=O) groups is 2. The van der Waals surface area contributed by atoms with Gasteiger partial charge < -0.3 is 9.80 Å². The predicted molar refractivity (Wildman–Crippen MR) is 120 cm³/mol. The highest BCUT2D eigenvalue weighted by Gasteiger charge is 2.38. The van der Waals surface area contributed by atoms with Crippen molar-refractivity contribution in [3.63, 3.8) is 0 Å².